The molecule has 2 aromatic rings. The third-order valence-corrected chi connectivity index (χ3v) is 3.97. The van der Waals surface area contributed by atoms with Crippen LogP contribution in [0.4, 0.5) is 11.4 Å². The number of amides is 1. The van der Waals surface area contributed by atoms with Crippen LogP contribution in [0.25, 0.3) is 0 Å². The lowest BCUT2D eigenvalue weighted by Crippen LogP contribution is -2.22. The maximum absolute atomic E-state index is 12.1. The molecular formula is C17H19IN2O. The minimum Gasteiger partial charge on any atom is -0.376 e. The van der Waals surface area contributed by atoms with Crippen LogP contribution in [-0.2, 0) is 11.2 Å². The molecule has 0 aliphatic rings. The Balaban J connectivity index is 1.96. The molecule has 2 rings (SSSR count). The van der Waals surface area contributed by atoms with Crippen molar-refractivity contribution in [1.82, 2.24) is 0 Å². The van der Waals surface area contributed by atoms with Gasteiger partial charge in [-0.2, -0.15) is 0 Å². The zero-order valence-electron chi connectivity index (χ0n) is 12.2. The Morgan fingerprint density at radius 2 is 1.90 bits per heavy atom. The molecule has 0 spiro atoms. The molecule has 0 aliphatic heterocycles. The summed E-state index contributed by atoms with van der Waals surface area (Å²) in [6.45, 7) is 4.38. The minimum absolute atomic E-state index is 0.0335. The first-order chi connectivity index (χ1) is 10.1. The van der Waals surface area contributed by atoms with Crippen molar-refractivity contribution in [3.8, 4) is 0 Å². The van der Waals surface area contributed by atoms with Crippen LogP contribution >= 0.6 is 22.6 Å². The minimum atomic E-state index is -0.0335. The normalized spacial score (nSPS) is 10.2. The van der Waals surface area contributed by atoms with Crippen LogP contribution in [0.1, 0.15) is 18.1 Å². The lowest BCUT2D eigenvalue weighted by molar-refractivity contribution is -0.114. The van der Waals surface area contributed by atoms with Gasteiger partial charge in [0, 0.05) is 14.9 Å². The molecule has 0 radical (unpaired) electrons. The SMILES string of the molecule is CCc1ccccc1NC(=O)CNc1ccc(I)cc1C. The summed E-state index contributed by atoms with van der Waals surface area (Å²) in [5, 5.41) is 6.14. The third-order valence-electron chi connectivity index (χ3n) is 3.30. The van der Waals surface area contributed by atoms with Gasteiger partial charge < -0.3 is 10.6 Å². The largest absolute Gasteiger partial charge is 0.376 e. The second kappa shape index (κ2) is 7.45. The molecule has 0 unspecified atom stereocenters. The highest BCUT2D eigenvalue weighted by Gasteiger charge is 2.06. The molecule has 0 saturated carbocycles. The van der Waals surface area contributed by atoms with Gasteiger partial charge in [-0.15, -0.1) is 0 Å². The maximum atomic E-state index is 12.1. The Kier molecular flexibility index (Phi) is 5.61. The van der Waals surface area contributed by atoms with Crippen LogP contribution in [-0.4, -0.2) is 12.5 Å². The van der Waals surface area contributed by atoms with Crippen LogP contribution in [0.15, 0.2) is 42.5 Å². The molecule has 0 saturated heterocycles. The second-order valence-electron chi connectivity index (χ2n) is 4.87. The molecule has 21 heavy (non-hydrogen) atoms. The molecule has 110 valence electrons. The highest BCUT2D eigenvalue weighted by Crippen LogP contribution is 2.18. The zero-order valence-corrected chi connectivity index (χ0v) is 14.4. The molecule has 0 bridgehead atoms. The summed E-state index contributed by atoms with van der Waals surface area (Å²) in [4.78, 5) is 12.1. The van der Waals surface area contributed by atoms with Crippen LogP contribution in [0.5, 0.6) is 0 Å². The van der Waals surface area contributed by atoms with Crippen LogP contribution < -0.4 is 10.6 Å². The van der Waals surface area contributed by atoms with Crippen LogP contribution in [0.3, 0.4) is 0 Å². The van der Waals surface area contributed by atoms with Crippen LogP contribution in [0, 0.1) is 10.5 Å². The van der Waals surface area contributed by atoms with Gasteiger partial charge in [0.15, 0.2) is 0 Å². The molecule has 3 nitrogen and oxygen atoms in total. The number of nitrogens with one attached hydrogen (secondary N) is 2. The Morgan fingerprint density at radius 1 is 1.14 bits per heavy atom. The summed E-state index contributed by atoms with van der Waals surface area (Å²) in [6.07, 6.45) is 0.903. The van der Waals surface area contributed by atoms with Gasteiger partial charge in [-0.25, -0.2) is 0 Å². The first-order valence-electron chi connectivity index (χ1n) is 6.98. The van der Waals surface area contributed by atoms with Gasteiger partial charge in [-0.1, -0.05) is 25.1 Å². The van der Waals surface area contributed by atoms with Crippen molar-refractivity contribution >= 4 is 39.9 Å². The zero-order chi connectivity index (χ0) is 15.2. The van der Waals surface area contributed by atoms with E-state index in [4.69, 9.17) is 0 Å². The standard InChI is InChI=1S/C17H19IN2O/c1-3-13-6-4-5-7-16(13)20-17(21)11-19-15-9-8-14(18)10-12(15)2/h4-10,19H,3,11H2,1-2H3,(H,20,21). The van der Waals surface area contributed by atoms with Crippen molar-refractivity contribution < 1.29 is 4.79 Å². The van der Waals surface area contributed by atoms with E-state index in [1.807, 2.05) is 43.3 Å². The number of hydrogen-bond donors (Lipinski definition) is 2. The quantitative estimate of drug-likeness (QED) is 0.746. The van der Waals surface area contributed by atoms with E-state index in [2.05, 4.69) is 46.2 Å². The number of halogens is 1. The molecule has 1 amide bonds. The lowest BCUT2D eigenvalue weighted by Gasteiger charge is -2.12. The summed E-state index contributed by atoms with van der Waals surface area (Å²) in [7, 11) is 0. The average molecular weight is 394 g/mol. The third kappa shape index (κ3) is 4.46. The van der Waals surface area contributed by atoms with Gasteiger partial charge in [0.1, 0.15) is 0 Å². The Morgan fingerprint density at radius 3 is 2.62 bits per heavy atom. The molecule has 0 aliphatic carbocycles. The number of anilines is 2. The summed E-state index contributed by atoms with van der Waals surface area (Å²) in [5.74, 6) is -0.0335. The molecule has 4 heteroatoms. The van der Waals surface area contributed by atoms with Crippen molar-refractivity contribution in [2.24, 2.45) is 0 Å². The maximum Gasteiger partial charge on any atom is 0.243 e. The highest BCUT2D eigenvalue weighted by atomic mass is 127. The Bertz CT molecular complexity index is 640. The number of carbonyl (C=O) groups excluding carboxylic acids is 1. The van der Waals surface area contributed by atoms with Crippen molar-refractivity contribution in [3.63, 3.8) is 0 Å². The van der Waals surface area contributed by atoms with E-state index in [1.54, 1.807) is 0 Å². The van der Waals surface area contributed by atoms with E-state index < -0.39 is 0 Å². The second-order valence-corrected chi connectivity index (χ2v) is 6.12. The van der Waals surface area contributed by atoms with Crippen molar-refractivity contribution in [1.29, 1.82) is 0 Å². The molecule has 2 aromatic carbocycles. The van der Waals surface area contributed by atoms with Crippen molar-refractivity contribution in [3.05, 3.63) is 57.2 Å². The fraction of sp³-hybridized carbons (Fsp3) is 0.235. The Labute approximate surface area is 139 Å². The fourth-order valence-electron chi connectivity index (χ4n) is 2.15. The number of aryl methyl sites for hydroxylation is 2. The summed E-state index contributed by atoms with van der Waals surface area (Å²) < 4.78 is 1.19. The van der Waals surface area contributed by atoms with E-state index in [9.17, 15) is 4.79 Å². The smallest absolute Gasteiger partial charge is 0.243 e. The van der Waals surface area contributed by atoms with E-state index >= 15 is 0 Å². The number of benzene rings is 2. The average Bonchev–Trinajstić information content (AvgIpc) is 2.47. The van der Waals surface area contributed by atoms with Crippen molar-refractivity contribution in [2.75, 3.05) is 17.2 Å². The van der Waals surface area contributed by atoms with E-state index in [0.717, 1.165) is 28.9 Å². The highest BCUT2D eigenvalue weighted by molar-refractivity contribution is 14.1. The predicted molar refractivity (Wildman–Crippen MR) is 96.8 cm³/mol. The van der Waals surface area contributed by atoms with E-state index in [-0.39, 0.29) is 12.5 Å². The summed E-state index contributed by atoms with van der Waals surface area (Å²) in [6, 6.07) is 14.0. The first kappa shape index (κ1) is 15.8. The topological polar surface area (TPSA) is 41.1 Å². The van der Waals surface area contributed by atoms with Gasteiger partial charge >= 0.3 is 0 Å². The van der Waals surface area contributed by atoms with Gasteiger partial charge in [-0.3, -0.25) is 4.79 Å². The molecule has 0 heterocycles. The molecule has 0 aromatic heterocycles. The van der Waals surface area contributed by atoms with Gasteiger partial charge in [-0.05, 0) is 71.3 Å². The van der Waals surface area contributed by atoms with Gasteiger partial charge in [0.05, 0.1) is 6.54 Å². The molecule has 0 atom stereocenters. The lowest BCUT2D eigenvalue weighted by atomic mass is 10.1. The number of hydrogen-bond acceptors (Lipinski definition) is 2. The van der Waals surface area contributed by atoms with Gasteiger partial charge in [0.25, 0.3) is 0 Å². The fourth-order valence-corrected chi connectivity index (χ4v) is 2.79. The summed E-state index contributed by atoms with van der Waals surface area (Å²) in [5.41, 5.74) is 4.18. The number of carbonyl (C=O) groups is 1. The monoisotopic (exact) mass is 394 g/mol. The Hall–Kier alpha value is -1.56. The molecule has 0 fully saturated rings. The first-order valence-corrected chi connectivity index (χ1v) is 8.06. The number of rotatable bonds is 5. The summed E-state index contributed by atoms with van der Waals surface area (Å²) >= 11 is 2.28. The van der Waals surface area contributed by atoms with E-state index in [0.29, 0.717) is 0 Å². The van der Waals surface area contributed by atoms with Crippen molar-refractivity contribution in [2.45, 2.75) is 20.3 Å². The molecular weight excluding hydrogens is 375 g/mol. The predicted octanol–water partition coefficient (Wildman–Crippen LogP) is 4.21. The van der Waals surface area contributed by atoms with Crippen LogP contribution in [0.2, 0.25) is 0 Å². The van der Waals surface area contributed by atoms with Gasteiger partial charge in [0.2, 0.25) is 5.91 Å². The number of para-hydroxylation sites is 1. The molecule has 2 N–H and O–H groups in total. The van der Waals surface area contributed by atoms with E-state index in [1.165, 1.54) is 3.57 Å².